The smallest absolute Gasteiger partial charge is 0.317 e. The van der Waals surface area contributed by atoms with Gasteiger partial charge in [0.05, 0.1) is 11.5 Å². The highest BCUT2D eigenvalue weighted by molar-refractivity contribution is 5.79. The lowest BCUT2D eigenvalue weighted by Crippen LogP contribution is -2.42. The van der Waals surface area contributed by atoms with Crippen molar-refractivity contribution in [3.05, 3.63) is 35.6 Å². The number of nitrogens with one attached hydrogen (secondary N) is 1. The van der Waals surface area contributed by atoms with Gasteiger partial charge in [-0.2, -0.15) is 0 Å². The molecule has 1 aromatic rings. The maximum absolute atomic E-state index is 12.9. The molecule has 2 amide bonds. The topological polar surface area (TPSA) is 78.9 Å². The van der Waals surface area contributed by atoms with Gasteiger partial charge < -0.3 is 20.1 Å². The summed E-state index contributed by atoms with van der Waals surface area (Å²) in [6.07, 6.45) is 0.0366. The van der Waals surface area contributed by atoms with E-state index in [1.165, 1.54) is 24.1 Å². The van der Waals surface area contributed by atoms with E-state index in [-0.39, 0.29) is 24.9 Å². The second-order valence-corrected chi connectivity index (χ2v) is 6.00. The summed E-state index contributed by atoms with van der Waals surface area (Å²) >= 11 is 0. The summed E-state index contributed by atoms with van der Waals surface area (Å²) in [5.41, 5.74) is -0.138. The lowest BCUT2D eigenvalue weighted by molar-refractivity contribution is -0.147. The van der Waals surface area contributed by atoms with Crippen LogP contribution >= 0.6 is 0 Å². The van der Waals surface area contributed by atoms with Crippen molar-refractivity contribution < 1.29 is 23.8 Å². The molecule has 1 heterocycles. The average molecular weight is 324 g/mol. The van der Waals surface area contributed by atoms with E-state index in [9.17, 15) is 19.1 Å². The fourth-order valence-electron chi connectivity index (χ4n) is 2.62. The van der Waals surface area contributed by atoms with Crippen molar-refractivity contribution in [2.24, 2.45) is 5.41 Å². The summed E-state index contributed by atoms with van der Waals surface area (Å²) in [5, 5.41) is 11.9. The van der Waals surface area contributed by atoms with Crippen LogP contribution in [0.25, 0.3) is 0 Å². The van der Waals surface area contributed by atoms with Crippen LogP contribution in [0.4, 0.5) is 9.18 Å². The van der Waals surface area contributed by atoms with E-state index < -0.39 is 17.5 Å². The predicted octanol–water partition coefficient (Wildman–Crippen LogP) is 2.02. The van der Waals surface area contributed by atoms with Gasteiger partial charge in [0.15, 0.2) is 0 Å². The first kappa shape index (κ1) is 17.2. The van der Waals surface area contributed by atoms with Gasteiger partial charge in [-0.15, -0.1) is 0 Å². The third-order valence-corrected chi connectivity index (χ3v) is 4.24. The van der Waals surface area contributed by atoms with Gasteiger partial charge in [0.25, 0.3) is 0 Å². The minimum atomic E-state index is -0.895. The fraction of sp³-hybridized carbons (Fsp3) is 0.500. The van der Waals surface area contributed by atoms with Gasteiger partial charge in [-0.1, -0.05) is 12.1 Å². The maximum atomic E-state index is 12.9. The maximum Gasteiger partial charge on any atom is 0.317 e. The van der Waals surface area contributed by atoms with Gasteiger partial charge in [0, 0.05) is 26.7 Å². The highest BCUT2D eigenvalue weighted by Gasteiger charge is 2.42. The van der Waals surface area contributed by atoms with Crippen molar-refractivity contribution >= 4 is 12.0 Å². The lowest BCUT2D eigenvalue weighted by Gasteiger charge is -2.22. The molecule has 1 aliphatic rings. The molecule has 6 nitrogen and oxygen atoms in total. The fourth-order valence-corrected chi connectivity index (χ4v) is 2.62. The van der Waals surface area contributed by atoms with Crippen molar-refractivity contribution in [3.63, 3.8) is 0 Å². The number of hydrogen-bond acceptors (Lipinski definition) is 3. The molecule has 0 aliphatic carbocycles. The van der Waals surface area contributed by atoms with Gasteiger partial charge in [-0.3, -0.25) is 4.79 Å². The molecule has 0 radical (unpaired) electrons. The number of urea groups is 1. The summed E-state index contributed by atoms with van der Waals surface area (Å²) in [6.45, 7) is 2.45. The molecule has 2 N–H and O–H groups in total. The molecule has 23 heavy (non-hydrogen) atoms. The van der Waals surface area contributed by atoms with Crippen molar-refractivity contribution in [1.82, 2.24) is 10.2 Å². The number of ether oxygens (including phenoxy) is 1. The van der Waals surface area contributed by atoms with Gasteiger partial charge >= 0.3 is 12.0 Å². The highest BCUT2D eigenvalue weighted by atomic mass is 19.1. The first-order valence-corrected chi connectivity index (χ1v) is 7.40. The second kappa shape index (κ2) is 6.95. The zero-order valence-corrected chi connectivity index (χ0v) is 13.2. The molecule has 0 bridgehead atoms. The van der Waals surface area contributed by atoms with Crippen molar-refractivity contribution in [1.29, 1.82) is 0 Å². The van der Waals surface area contributed by atoms with E-state index in [2.05, 4.69) is 5.32 Å². The molecule has 7 heteroatoms. The number of carbonyl (C=O) groups excluding carboxylic acids is 1. The number of carbonyl (C=O) groups is 2. The summed E-state index contributed by atoms with van der Waals surface area (Å²) in [4.78, 5) is 24.9. The van der Waals surface area contributed by atoms with Crippen LogP contribution in [-0.2, 0) is 9.53 Å². The summed E-state index contributed by atoms with van der Waals surface area (Å²) in [7, 11) is 1.51. The van der Waals surface area contributed by atoms with E-state index in [0.717, 1.165) is 5.56 Å². The number of halogens is 1. The number of nitrogens with zero attached hydrogens (tertiary/aromatic N) is 1. The third-order valence-electron chi connectivity index (χ3n) is 4.24. The number of aliphatic carboxylic acids is 1. The third kappa shape index (κ3) is 3.98. The van der Waals surface area contributed by atoms with Crippen LogP contribution in [0.2, 0.25) is 0 Å². The zero-order chi connectivity index (χ0) is 17.0. The average Bonchev–Trinajstić information content (AvgIpc) is 2.93. The van der Waals surface area contributed by atoms with Gasteiger partial charge in [-0.05, 0) is 31.0 Å². The van der Waals surface area contributed by atoms with Gasteiger partial charge in [0.2, 0.25) is 0 Å². The Balaban J connectivity index is 1.90. The Morgan fingerprint density at radius 1 is 1.43 bits per heavy atom. The summed E-state index contributed by atoms with van der Waals surface area (Å²) in [5.74, 6) is -1.23. The Kier molecular flexibility index (Phi) is 5.20. The molecule has 0 saturated carbocycles. The van der Waals surface area contributed by atoms with Gasteiger partial charge in [-0.25, -0.2) is 9.18 Å². The van der Waals surface area contributed by atoms with Gasteiger partial charge in [0.1, 0.15) is 5.82 Å². The van der Waals surface area contributed by atoms with Crippen LogP contribution in [0.15, 0.2) is 24.3 Å². The van der Waals surface area contributed by atoms with E-state index in [1.54, 1.807) is 19.1 Å². The van der Waals surface area contributed by atoms with E-state index in [0.29, 0.717) is 13.0 Å². The molecule has 1 fully saturated rings. The lowest BCUT2D eigenvalue weighted by atomic mass is 9.90. The molecular weight excluding hydrogens is 303 g/mol. The summed E-state index contributed by atoms with van der Waals surface area (Å²) < 4.78 is 18.3. The molecule has 0 spiro atoms. The Hall–Kier alpha value is -2.15. The Morgan fingerprint density at radius 2 is 2.09 bits per heavy atom. The number of amides is 2. The molecule has 2 unspecified atom stereocenters. The molecule has 2 rings (SSSR count). The number of carboxylic acids is 1. The van der Waals surface area contributed by atoms with Crippen LogP contribution in [0.1, 0.15) is 25.0 Å². The number of rotatable bonds is 5. The Labute approximate surface area is 134 Å². The minimum absolute atomic E-state index is 0.183. The van der Waals surface area contributed by atoms with Crippen molar-refractivity contribution in [2.45, 2.75) is 19.4 Å². The van der Waals surface area contributed by atoms with E-state index >= 15 is 0 Å². The monoisotopic (exact) mass is 324 g/mol. The minimum Gasteiger partial charge on any atom is -0.481 e. The van der Waals surface area contributed by atoms with E-state index in [1.807, 2.05) is 0 Å². The highest BCUT2D eigenvalue weighted by Crippen LogP contribution is 2.30. The van der Waals surface area contributed by atoms with Crippen LogP contribution in [0.5, 0.6) is 0 Å². The largest absolute Gasteiger partial charge is 0.481 e. The van der Waals surface area contributed by atoms with Crippen molar-refractivity contribution in [2.75, 3.05) is 26.7 Å². The SMILES string of the molecule is COC(CNC(=O)N1CCC(C)(C(=O)O)C1)c1ccc(F)cc1. The predicted molar refractivity (Wildman–Crippen MR) is 81.5 cm³/mol. The normalized spacial score (nSPS) is 22.0. The quantitative estimate of drug-likeness (QED) is 0.868. The Bertz CT molecular complexity index is 578. The summed E-state index contributed by atoms with van der Waals surface area (Å²) in [6, 6.07) is 5.56. The molecule has 1 aliphatic heterocycles. The van der Waals surface area contributed by atoms with Crippen LogP contribution in [-0.4, -0.2) is 48.8 Å². The standard InChI is InChI=1S/C16H21FN2O4/c1-16(14(20)21)7-8-19(10-16)15(22)18-9-13(23-2)11-3-5-12(17)6-4-11/h3-6,13H,7-10H2,1-2H3,(H,18,22)(H,20,21). The number of likely N-dealkylation sites (tertiary alicyclic amines) is 1. The van der Waals surface area contributed by atoms with Crippen LogP contribution in [0, 0.1) is 11.2 Å². The zero-order valence-electron chi connectivity index (χ0n) is 13.2. The molecular formula is C16H21FN2O4. The Morgan fingerprint density at radius 3 is 2.61 bits per heavy atom. The van der Waals surface area contributed by atoms with Crippen LogP contribution < -0.4 is 5.32 Å². The molecule has 0 aromatic heterocycles. The molecule has 126 valence electrons. The molecule has 2 atom stereocenters. The van der Waals surface area contributed by atoms with Crippen LogP contribution in [0.3, 0.4) is 0 Å². The first-order valence-electron chi connectivity index (χ1n) is 7.40. The second-order valence-electron chi connectivity index (χ2n) is 6.00. The van der Waals surface area contributed by atoms with Crippen molar-refractivity contribution in [3.8, 4) is 0 Å². The number of benzene rings is 1. The number of carboxylic acid groups (broad SMARTS) is 1. The first-order chi connectivity index (χ1) is 10.9. The number of methoxy groups -OCH3 is 1. The molecule has 1 aromatic carbocycles. The molecule has 1 saturated heterocycles. The van der Waals surface area contributed by atoms with E-state index in [4.69, 9.17) is 4.74 Å². The number of hydrogen-bond donors (Lipinski definition) is 2.